The van der Waals surface area contributed by atoms with Crippen LogP contribution in [0.15, 0.2) is 28.2 Å². The van der Waals surface area contributed by atoms with Gasteiger partial charge >= 0.3 is 0 Å². The van der Waals surface area contributed by atoms with E-state index in [2.05, 4.69) is 9.98 Å². The van der Waals surface area contributed by atoms with Crippen molar-refractivity contribution in [3.05, 3.63) is 18.2 Å². The number of aliphatic imine (C=N–C) groups is 2. The van der Waals surface area contributed by atoms with Gasteiger partial charge in [0.15, 0.2) is 17.5 Å². The molecule has 19 heavy (non-hydrogen) atoms. The van der Waals surface area contributed by atoms with Gasteiger partial charge < -0.3 is 26.6 Å². The van der Waals surface area contributed by atoms with E-state index < -0.39 is 0 Å². The summed E-state index contributed by atoms with van der Waals surface area (Å²) in [4.78, 5) is 9.32. The third-order valence-corrected chi connectivity index (χ3v) is 1.89. The highest BCUT2D eigenvalue weighted by Crippen LogP contribution is 2.28. The molecule has 0 aliphatic rings. The van der Waals surface area contributed by atoms with Gasteiger partial charge in [0.25, 0.3) is 0 Å². The molecule has 6 N–H and O–H groups in total. The number of phenolic OH excluding ortho intramolecular Hbond substituents is 2. The molecule has 0 aliphatic heterocycles. The number of nitrogens with two attached hydrogens (primary N) is 2. The Kier molecular flexibility index (Phi) is 6.80. The van der Waals surface area contributed by atoms with Crippen molar-refractivity contribution in [1.82, 2.24) is 4.90 Å². The smallest absolute Gasteiger partial charge is 0.223 e. The van der Waals surface area contributed by atoms with Crippen LogP contribution in [0.25, 0.3) is 0 Å². The molecule has 0 heterocycles. The summed E-state index contributed by atoms with van der Waals surface area (Å²) in [5.41, 5.74) is 11.5. The van der Waals surface area contributed by atoms with Gasteiger partial charge in [0.1, 0.15) is 0 Å². The van der Waals surface area contributed by atoms with Crippen LogP contribution in [-0.4, -0.2) is 41.1 Å². The van der Waals surface area contributed by atoms with Crippen molar-refractivity contribution >= 4 is 17.6 Å². The molecule has 0 unspecified atom stereocenters. The molecule has 0 aromatic heterocycles. The third kappa shape index (κ3) is 5.62. The van der Waals surface area contributed by atoms with E-state index in [1.807, 2.05) is 13.8 Å². The molecular weight excluding hydrogens is 246 g/mol. The summed E-state index contributed by atoms with van der Waals surface area (Å²) in [7, 11) is 3.44. The zero-order chi connectivity index (χ0) is 15.0. The second-order valence-electron chi connectivity index (χ2n) is 3.51. The Morgan fingerprint density at radius 3 is 2.16 bits per heavy atom. The molecule has 106 valence electrons. The third-order valence-electron chi connectivity index (χ3n) is 1.89. The monoisotopic (exact) mass is 267 g/mol. The van der Waals surface area contributed by atoms with E-state index >= 15 is 0 Å². The van der Waals surface area contributed by atoms with Crippen molar-refractivity contribution in [2.75, 3.05) is 14.1 Å². The lowest BCUT2D eigenvalue weighted by atomic mass is 10.3. The Hall–Kier alpha value is -2.44. The number of phenols is 2. The van der Waals surface area contributed by atoms with Crippen LogP contribution in [0.4, 0.5) is 5.69 Å². The van der Waals surface area contributed by atoms with E-state index in [0.717, 1.165) is 0 Å². The van der Waals surface area contributed by atoms with Gasteiger partial charge in [-0.1, -0.05) is 13.8 Å². The van der Waals surface area contributed by atoms with Gasteiger partial charge in [0.05, 0.1) is 5.69 Å². The maximum absolute atomic E-state index is 9.25. The highest BCUT2D eigenvalue weighted by Gasteiger charge is 2.01. The number of nitrogens with zero attached hydrogens (tertiary/aromatic N) is 3. The van der Waals surface area contributed by atoms with Gasteiger partial charge in [-0.15, -0.1) is 0 Å². The lowest BCUT2D eigenvalue weighted by Crippen LogP contribution is -2.32. The molecule has 7 heteroatoms. The van der Waals surface area contributed by atoms with Crippen LogP contribution in [0, 0.1) is 0 Å². The molecule has 1 rings (SSSR count). The van der Waals surface area contributed by atoms with Gasteiger partial charge in [-0.3, -0.25) is 0 Å². The summed E-state index contributed by atoms with van der Waals surface area (Å²) in [6.07, 6.45) is 0. The van der Waals surface area contributed by atoms with E-state index in [-0.39, 0.29) is 23.4 Å². The number of benzene rings is 1. The van der Waals surface area contributed by atoms with Crippen LogP contribution >= 0.6 is 0 Å². The first-order chi connectivity index (χ1) is 8.90. The predicted molar refractivity (Wildman–Crippen MR) is 77.7 cm³/mol. The standard InChI is InChI=1S/C10H15N5O2.C2H6/c1-15(2)10(12)14-9(11)13-6-3-4-7(16)8(17)5-6;1-2/h3-5,16-17H,1-2H3,(H4,11,12,13,14);1-2H3. The van der Waals surface area contributed by atoms with Crippen LogP contribution in [0.1, 0.15) is 13.8 Å². The summed E-state index contributed by atoms with van der Waals surface area (Å²) in [6, 6.07) is 4.06. The number of aromatic hydroxyl groups is 2. The lowest BCUT2D eigenvalue weighted by molar-refractivity contribution is 0.404. The van der Waals surface area contributed by atoms with Crippen LogP contribution in [0.5, 0.6) is 11.5 Å². The first-order valence-corrected chi connectivity index (χ1v) is 5.78. The molecule has 0 amide bonds. The minimum Gasteiger partial charge on any atom is -0.504 e. The lowest BCUT2D eigenvalue weighted by Gasteiger charge is -2.09. The maximum Gasteiger partial charge on any atom is 0.223 e. The fourth-order valence-electron chi connectivity index (χ4n) is 0.956. The van der Waals surface area contributed by atoms with Gasteiger partial charge in [-0.2, -0.15) is 4.99 Å². The van der Waals surface area contributed by atoms with Crippen molar-refractivity contribution in [2.45, 2.75) is 13.8 Å². The number of hydrogen-bond acceptors (Lipinski definition) is 3. The maximum atomic E-state index is 9.25. The second kappa shape index (κ2) is 7.80. The van der Waals surface area contributed by atoms with E-state index in [9.17, 15) is 5.11 Å². The summed E-state index contributed by atoms with van der Waals surface area (Å²) in [5.74, 6) is -0.321. The van der Waals surface area contributed by atoms with E-state index in [1.54, 1.807) is 19.0 Å². The van der Waals surface area contributed by atoms with Gasteiger partial charge in [0, 0.05) is 20.2 Å². The Bertz CT molecular complexity index is 469. The largest absolute Gasteiger partial charge is 0.504 e. The topological polar surface area (TPSA) is 120 Å². The normalized spacial score (nSPS) is 11.6. The molecule has 7 nitrogen and oxygen atoms in total. The van der Waals surface area contributed by atoms with Crippen molar-refractivity contribution < 1.29 is 10.2 Å². The second-order valence-corrected chi connectivity index (χ2v) is 3.51. The summed E-state index contributed by atoms with van der Waals surface area (Å²) < 4.78 is 0. The fraction of sp³-hybridized carbons (Fsp3) is 0.333. The van der Waals surface area contributed by atoms with Crippen LogP contribution in [0.3, 0.4) is 0 Å². The Balaban J connectivity index is 0.00000154. The molecule has 1 aromatic carbocycles. The Morgan fingerprint density at radius 2 is 1.68 bits per heavy atom. The number of hydrogen-bond donors (Lipinski definition) is 4. The highest BCUT2D eigenvalue weighted by atomic mass is 16.3. The average molecular weight is 267 g/mol. The molecule has 0 radical (unpaired) electrons. The molecule has 0 atom stereocenters. The number of guanidine groups is 2. The molecule has 0 fully saturated rings. The van der Waals surface area contributed by atoms with E-state index in [0.29, 0.717) is 5.69 Å². The molecule has 0 saturated heterocycles. The van der Waals surface area contributed by atoms with Crippen LogP contribution in [0.2, 0.25) is 0 Å². The molecular formula is C12H21N5O2. The highest BCUT2D eigenvalue weighted by molar-refractivity contribution is 5.94. The van der Waals surface area contributed by atoms with Crippen molar-refractivity contribution in [3.63, 3.8) is 0 Å². The summed E-state index contributed by atoms with van der Waals surface area (Å²) >= 11 is 0. The fourth-order valence-corrected chi connectivity index (χ4v) is 0.956. The molecule has 1 aromatic rings. The van der Waals surface area contributed by atoms with Gasteiger partial charge in [-0.05, 0) is 12.1 Å². The molecule has 0 aliphatic carbocycles. The summed E-state index contributed by atoms with van der Waals surface area (Å²) in [5, 5.41) is 18.4. The van der Waals surface area contributed by atoms with Gasteiger partial charge in [-0.25, -0.2) is 4.99 Å². The minimum atomic E-state index is -0.274. The zero-order valence-electron chi connectivity index (χ0n) is 11.6. The SMILES string of the molecule is CC.CN(C)/C(N)=N/C(N)=Nc1ccc(O)c(O)c1. The van der Waals surface area contributed by atoms with E-state index in [4.69, 9.17) is 16.6 Å². The number of rotatable bonds is 1. The van der Waals surface area contributed by atoms with Gasteiger partial charge in [0.2, 0.25) is 5.96 Å². The van der Waals surface area contributed by atoms with E-state index in [1.165, 1.54) is 18.2 Å². The minimum absolute atomic E-state index is 0.0405. The molecule has 0 saturated carbocycles. The zero-order valence-corrected chi connectivity index (χ0v) is 11.6. The Morgan fingerprint density at radius 1 is 1.11 bits per heavy atom. The Labute approximate surface area is 112 Å². The molecule has 0 bridgehead atoms. The first-order valence-electron chi connectivity index (χ1n) is 5.78. The quantitative estimate of drug-likeness (QED) is 0.343. The predicted octanol–water partition coefficient (Wildman–Crippen LogP) is 0.947. The first kappa shape index (κ1) is 16.6. The molecule has 0 spiro atoms. The summed E-state index contributed by atoms with van der Waals surface area (Å²) in [6.45, 7) is 4.00. The van der Waals surface area contributed by atoms with Crippen molar-refractivity contribution in [1.29, 1.82) is 0 Å². The van der Waals surface area contributed by atoms with Crippen LogP contribution in [-0.2, 0) is 0 Å². The van der Waals surface area contributed by atoms with Crippen molar-refractivity contribution in [3.8, 4) is 11.5 Å². The van der Waals surface area contributed by atoms with Crippen molar-refractivity contribution in [2.24, 2.45) is 21.5 Å². The van der Waals surface area contributed by atoms with Crippen LogP contribution < -0.4 is 11.5 Å². The average Bonchev–Trinajstić information content (AvgIpc) is 2.36.